The topological polar surface area (TPSA) is 58.4 Å². The van der Waals surface area contributed by atoms with Crippen molar-refractivity contribution in [3.63, 3.8) is 0 Å². The number of fused-ring (bicyclic) bond motifs is 1. The van der Waals surface area contributed by atoms with Crippen molar-refractivity contribution in [3.8, 4) is 11.1 Å². The lowest BCUT2D eigenvalue weighted by molar-refractivity contribution is -0.138. The van der Waals surface area contributed by atoms with Crippen molar-refractivity contribution in [2.45, 2.75) is 70.1 Å². The highest BCUT2D eigenvalue weighted by Crippen LogP contribution is 2.34. The summed E-state index contributed by atoms with van der Waals surface area (Å²) >= 11 is -0.289. The molecule has 1 amide bonds. The van der Waals surface area contributed by atoms with E-state index in [1.165, 1.54) is 0 Å². The van der Waals surface area contributed by atoms with Crippen molar-refractivity contribution in [2.24, 2.45) is 0 Å². The molecule has 0 aliphatic heterocycles. The lowest BCUT2D eigenvalue weighted by Gasteiger charge is -2.28. The van der Waals surface area contributed by atoms with Gasteiger partial charge in [-0.3, -0.25) is 9.59 Å². The van der Waals surface area contributed by atoms with E-state index in [4.69, 9.17) is 26.0 Å². The number of hydrogen-bond donors (Lipinski definition) is 0. The van der Waals surface area contributed by atoms with Gasteiger partial charge in [-0.15, -0.1) is 0 Å². The van der Waals surface area contributed by atoms with Crippen molar-refractivity contribution < 1.29 is 53.9 Å². The number of carbonyl (C=O) groups excluding carboxylic acids is 1. The van der Waals surface area contributed by atoms with Crippen LogP contribution in [0.1, 0.15) is 85.3 Å². The van der Waals surface area contributed by atoms with Crippen molar-refractivity contribution in [1.29, 1.82) is 0 Å². The quantitative estimate of drug-likeness (QED) is 0.0819. The molecule has 6 nitrogen and oxygen atoms in total. The Labute approximate surface area is 315 Å². The highest BCUT2D eigenvalue weighted by molar-refractivity contribution is 7.98. The Morgan fingerprint density at radius 2 is 1.65 bits per heavy atom. The number of amides is 1. The lowest BCUT2D eigenvalue weighted by atomic mass is 9.98. The summed E-state index contributed by atoms with van der Waals surface area (Å²) < 4.78 is 256. The van der Waals surface area contributed by atoms with Gasteiger partial charge < -0.3 is 14.4 Å². The molecule has 0 N–H and O–H groups in total. The molecule has 0 saturated carbocycles. The normalized spacial score (nSPS) is 21.5. The highest BCUT2D eigenvalue weighted by Gasteiger charge is 2.32. The van der Waals surface area contributed by atoms with E-state index in [0.717, 1.165) is 6.92 Å². The number of carbonyl (C=O) groups is 1. The molecule has 48 heavy (non-hydrogen) atoms. The largest absolute Gasteiger partial charge is 0.416 e. The van der Waals surface area contributed by atoms with E-state index in [9.17, 15) is 27.8 Å². The number of hydrogen-bond acceptors (Lipinski definition) is 5. The van der Waals surface area contributed by atoms with Gasteiger partial charge >= 0.3 is 6.18 Å². The third-order valence-corrected chi connectivity index (χ3v) is 7.43. The molecule has 0 fully saturated rings. The third kappa shape index (κ3) is 8.54. The summed E-state index contributed by atoms with van der Waals surface area (Å²) in [6.07, 6.45) is -5.68. The Kier molecular flexibility index (Phi) is 5.22. The Balaban J connectivity index is 1.85. The van der Waals surface area contributed by atoms with Crippen molar-refractivity contribution in [3.05, 3.63) is 116 Å². The molecule has 0 radical (unpaired) electrons. The van der Waals surface area contributed by atoms with Gasteiger partial charge in [0.25, 0.3) is 5.56 Å². The average molecular weight is 704 g/mol. The van der Waals surface area contributed by atoms with Gasteiger partial charge in [-0.2, -0.15) is 18.2 Å². The van der Waals surface area contributed by atoms with Gasteiger partial charge in [0, 0.05) is 47.5 Å². The zero-order valence-electron chi connectivity index (χ0n) is 48.4. The summed E-state index contributed by atoms with van der Waals surface area (Å²) in [6, 6.07) is -14.4. The molecule has 1 heterocycles. The summed E-state index contributed by atoms with van der Waals surface area (Å²) in [4.78, 5) is 31.7. The van der Waals surface area contributed by atoms with Crippen molar-refractivity contribution >= 4 is 17.7 Å². The van der Waals surface area contributed by atoms with E-state index in [1.54, 1.807) is 0 Å². The molecule has 0 saturated heterocycles. The van der Waals surface area contributed by atoms with Gasteiger partial charge in [-0.1, -0.05) is 73.9 Å². The van der Waals surface area contributed by atoms with Crippen LogP contribution in [0, 0.1) is 12.7 Å². The second-order valence-corrected chi connectivity index (χ2v) is 10.6. The maximum Gasteiger partial charge on any atom is 0.416 e. The maximum absolute atomic E-state index is 15.2. The monoisotopic (exact) mass is 703 g/mol. The van der Waals surface area contributed by atoms with Gasteiger partial charge in [-0.05, 0) is 85.1 Å². The van der Waals surface area contributed by atoms with Crippen LogP contribution in [0.3, 0.4) is 0 Å². The summed E-state index contributed by atoms with van der Waals surface area (Å²) in [5, 5.41) is -1.12. The number of nitrogens with zero attached hydrogens (tertiary/aromatic N) is 4. The first-order valence-corrected chi connectivity index (χ1v) is 14.8. The predicted molar refractivity (Wildman–Crippen MR) is 181 cm³/mol. The van der Waals surface area contributed by atoms with Crippen LogP contribution in [0.4, 0.5) is 17.6 Å². The van der Waals surface area contributed by atoms with Gasteiger partial charge in [0.1, 0.15) is 12.3 Å². The first-order valence-electron chi connectivity index (χ1n) is 25.4. The number of aromatic nitrogens is 2. The molecule has 1 aliphatic carbocycles. The number of benzene rings is 3. The van der Waals surface area contributed by atoms with E-state index in [-0.39, 0.29) is 46.1 Å². The molecule has 0 spiro atoms. The van der Waals surface area contributed by atoms with Crippen LogP contribution in [-0.4, -0.2) is 51.2 Å². The highest BCUT2D eigenvalue weighted by atomic mass is 32.2. The number of likely N-dealkylation sites (N-methyl/N-ethyl adjacent to an activating group) is 1. The van der Waals surface area contributed by atoms with Crippen molar-refractivity contribution in [1.82, 2.24) is 19.4 Å². The summed E-state index contributed by atoms with van der Waals surface area (Å²) in [6.45, 7) is -18.7. The molecule has 1 aromatic heterocycles. The Morgan fingerprint density at radius 1 is 0.979 bits per heavy atom. The molecule has 5 rings (SSSR count). The Hall–Kier alpha value is -3.96. The summed E-state index contributed by atoms with van der Waals surface area (Å²) in [5.74, 6) is -3.97. The minimum atomic E-state index is -5.27. The number of rotatable bonds is 13. The second-order valence-electron chi connectivity index (χ2n) is 9.82. The van der Waals surface area contributed by atoms with Gasteiger partial charge in [0.15, 0.2) is 5.16 Å². The molecule has 3 aromatic carbocycles. The van der Waals surface area contributed by atoms with Gasteiger partial charge in [0.05, 0.1) is 26.1 Å². The molecule has 1 aliphatic rings. The molecule has 4 aromatic rings. The minimum absolute atomic E-state index is 0.0441. The number of alkyl halides is 3. The van der Waals surface area contributed by atoms with Crippen LogP contribution in [0.25, 0.3) is 11.1 Å². The number of halogens is 4. The predicted octanol–water partition coefficient (Wildman–Crippen LogP) is 7.53. The van der Waals surface area contributed by atoms with Crippen LogP contribution in [0.2, 0.25) is 0 Å². The number of thioether (sulfide) groups is 1. The van der Waals surface area contributed by atoms with E-state index >= 15 is 4.79 Å². The van der Waals surface area contributed by atoms with Crippen LogP contribution in [0.15, 0.2) is 76.4 Å². The zero-order chi connectivity index (χ0) is 54.8. The molecule has 0 atom stereocenters. The Morgan fingerprint density at radius 3 is 2.31 bits per heavy atom. The first-order chi connectivity index (χ1) is 31.9. The maximum atomic E-state index is 15.2. The van der Waals surface area contributed by atoms with Gasteiger partial charge in [-0.25, -0.2) is 4.39 Å². The third-order valence-electron chi connectivity index (χ3n) is 6.67. The second kappa shape index (κ2) is 15.5. The lowest BCUT2D eigenvalue weighted by Crippen LogP contribution is -2.40. The van der Waals surface area contributed by atoms with E-state index in [0.29, 0.717) is 13.8 Å². The first kappa shape index (κ1) is 16.2. The van der Waals surface area contributed by atoms with E-state index in [2.05, 4.69) is 4.98 Å². The Bertz CT molecular complexity index is 2840. The van der Waals surface area contributed by atoms with E-state index in [1.807, 2.05) is 0 Å². The zero-order valence-corrected chi connectivity index (χ0v) is 26.2. The summed E-state index contributed by atoms with van der Waals surface area (Å²) in [7, 11) is 0. The van der Waals surface area contributed by atoms with Crippen LogP contribution in [-0.2, 0) is 42.6 Å². The molecular weight excluding hydrogens is 640 g/mol. The smallest absolute Gasteiger partial charge is 0.336 e. The summed E-state index contributed by atoms with van der Waals surface area (Å²) in [5.41, 5.74) is -12.1. The van der Waals surface area contributed by atoms with Gasteiger partial charge in [0.2, 0.25) is 5.91 Å². The molecule has 254 valence electrons. The fourth-order valence-electron chi connectivity index (χ4n) is 4.41. The molecule has 0 unspecified atom stereocenters. The van der Waals surface area contributed by atoms with Crippen LogP contribution >= 0.6 is 11.8 Å². The fourth-order valence-corrected chi connectivity index (χ4v) is 5.09. The van der Waals surface area contributed by atoms with E-state index < -0.39 is 184 Å². The average Bonchev–Trinajstić information content (AvgIpc) is 3.70. The van der Waals surface area contributed by atoms with Crippen LogP contribution < -0.4 is 5.56 Å². The SMILES string of the molecule is [2H]c1c([2H])c(C([2H])([2H])Sc2nc(=O)c3c(n2C([2H])([2H])C(=O)N(Cc2c([2H])c([2H])c(-c4c([2H])c([2H])c(C(F)(F)F)c(C)c4[2H])c([2H])c2[2H])C([2H])([2H])C([2H])([2H])N(C([2H])([2H])C)C([2H])([2H])C)CCC3)c([2H])c([2H])c1F. The molecular formula is C37H40F4N4O2S. The molecule has 0 bridgehead atoms. The fraction of sp³-hybridized carbons (Fsp3) is 0.378. The minimum Gasteiger partial charge on any atom is -0.336 e. The standard InChI is InChI=1S/C37H40F4N4O2S/c1-4-43(5-2)19-20-44(22-26-9-13-28(14-10-26)29-15-18-32(25(3)21-29)37(39,40)41)34(46)23-45-33-8-6-7-31(33)35(47)42-36(45)48-24-27-11-16-30(38)17-12-27/h9-18,21H,4-8,19-20,22-24H2,1-3H3/i4D2,5D2,9D,10D,11D,12D,13D,14D,15D,16D,17D,18D,19D2,20D2,21D,23D2,24D2. The van der Waals surface area contributed by atoms with Crippen molar-refractivity contribution in [2.75, 3.05) is 26.0 Å². The van der Waals surface area contributed by atoms with Crippen LogP contribution in [0.5, 0.6) is 0 Å². The molecule has 11 heteroatoms.